The molecular weight excluding hydrogens is 252 g/mol. The molecule has 0 amide bonds. The van der Waals surface area contributed by atoms with Crippen molar-refractivity contribution in [1.82, 2.24) is 9.97 Å². The molecule has 7 heteroatoms. The fourth-order valence-electron chi connectivity index (χ4n) is 1.64. The van der Waals surface area contributed by atoms with E-state index >= 15 is 0 Å². The topological polar surface area (TPSA) is 75.2 Å². The highest BCUT2D eigenvalue weighted by Crippen LogP contribution is 2.22. The molecule has 0 aliphatic rings. The zero-order valence-electron chi connectivity index (χ0n) is 11.5. The molecule has 18 heavy (non-hydrogen) atoms. The fourth-order valence-corrected chi connectivity index (χ4v) is 2.24. The molecule has 1 aromatic heterocycles. The molecular formula is C11H20N4O2S. The first kappa shape index (κ1) is 14.7. The average Bonchev–Trinajstić information content (AvgIpc) is 2.27. The van der Waals surface area contributed by atoms with Crippen molar-refractivity contribution >= 4 is 21.5 Å². The third-order valence-corrected chi connectivity index (χ3v) is 3.55. The Labute approximate surface area is 108 Å². The minimum Gasteiger partial charge on any atom is -0.373 e. The SMILES string of the molecule is CNc1nc(C)nc(N(C)CCS(C)(=O)=O)c1C. The Hall–Kier alpha value is -1.37. The van der Waals surface area contributed by atoms with Gasteiger partial charge in [0.1, 0.15) is 27.3 Å². The second-order valence-electron chi connectivity index (χ2n) is 4.37. The Bertz CT molecular complexity index is 528. The summed E-state index contributed by atoms with van der Waals surface area (Å²) in [6, 6.07) is 0. The molecule has 0 aromatic carbocycles. The number of nitrogens with zero attached hydrogens (tertiary/aromatic N) is 3. The van der Waals surface area contributed by atoms with E-state index in [0.29, 0.717) is 12.4 Å². The van der Waals surface area contributed by atoms with E-state index in [-0.39, 0.29) is 5.75 Å². The van der Waals surface area contributed by atoms with Crippen LogP contribution < -0.4 is 10.2 Å². The second kappa shape index (κ2) is 5.51. The maximum atomic E-state index is 11.2. The van der Waals surface area contributed by atoms with Gasteiger partial charge >= 0.3 is 0 Å². The molecule has 102 valence electrons. The molecule has 0 saturated carbocycles. The summed E-state index contributed by atoms with van der Waals surface area (Å²) in [5.74, 6) is 2.30. The van der Waals surface area contributed by atoms with Crippen molar-refractivity contribution in [2.45, 2.75) is 13.8 Å². The van der Waals surface area contributed by atoms with Crippen molar-refractivity contribution < 1.29 is 8.42 Å². The summed E-state index contributed by atoms with van der Waals surface area (Å²) >= 11 is 0. The minimum absolute atomic E-state index is 0.112. The number of rotatable bonds is 5. The van der Waals surface area contributed by atoms with Gasteiger partial charge in [0.2, 0.25) is 0 Å². The zero-order valence-corrected chi connectivity index (χ0v) is 12.3. The van der Waals surface area contributed by atoms with Gasteiger partial charge in [0, 0.05) is 32.5 Å². The summed E-state index contributed by atoms with van der Waals surface area (Å²) in [5.41, 5.74) is 0.916. The Morgan fingerprint density at radius 1 is 1.28 bits per heavy atom. The monoisotopic (exact) mass is 272 g/mol. The first-order valence-electron chi connectivity index (χ1n) is 5.66. The van der Waals surface area contributed by atoms with E-state index in [2.05, 4.69) is 15.3 Å². The van der Waals surface area contributed by atoms with Crippen LogP contribution in [0.3, 0.4) is 0 Å². The van der Waals surface area contributed by atoms with E-state index in [1.54, 1.807) is 7.05 Å². The highest BCUT2D eigenvalue weighted by atomic mass is 32.2. The standard InChI is InChI=1S/C11H20N4O2S/c1-8-10(12-3)13-9(2)14-11(8)15(4)6-7-18(5,16)17/h6-7H2,1-5H3,(H,12,13,14). The smallest absolute Gasteiger partial charge is 0.149 e. The summed E-state index contributed by atoms with van der Waals surface area (Å²) in [6.07, 6.45) is 1.23. The van der Waals surface area contributed by atoms with E-state index in [1.165, 1.54) is 6.26 Å². The highest BCUT2D eigenvalue weighted by Gasteiger charge is 2.13. The third-order valence-electron chi connectivity index (χ3n) is 2.63. The lowest BCUT2D eigenvalue weighted by molar-refractivity contribution is 0.601. The van der Waals surface area contributed by atoms with Crippen LogP contribution in [0.1, 0.15) is 11.4 Å². The van der Waals surface area contributed by atoms with Gasteiger partial charge in [-0.2, -0.15) is 0 Å². The summed E-state index contributed by atoms with van der Waals surface area (Å²) in [7, 11) is 0.667. The fraction of sp³-hybridized carbons (Fsp3) is 0.636. The Balaban J connectivity index is 2.98. The van der Waals surface area contributed by atoms with Crippen molar-refractivity contribution in [1.29, 1.82) is 0 Å². The van der Waals surface area contributed by atoms with Crippen LogP contribution in [-0.4, -0.2) is 51.0 Å². The highest BCUT2D eigenvalue weighted by molar-refractivity contribution is 7.90. The number of aromatic nitrogens is 2. The summed E-state index contributed by atoms with van der Waals surface area (Å²) in [6.45, 7) is 4.14. The van der Waals surface area contributed by atoms with Gasteiger partial charge in [-0.3, -0.25) is 0 Å². The van der Waals surface area contributed by atoms with Crippen LogP contribution in [0, 0.1) is 13.8 Å². The van der Waals surface area contributed by atoms with Gasteiger partial charge in [0.05, 0.1) is 5.75 Å². The summed E-state index contributed by atoms with van der Waals surface area (Å²) < 4.78 is 22.3. The van der Waals surface area contributed by atoms with Crippen LogP contribution in [0.5, 0.6) is 0 Å². The molecule has 1 heterocycles. The van der Waals surface area contributed by atoms with Crippen molar-refractivity contribution in [2.24, 2.45) is 0 Å². The number of hydrogen-bond acceptors (Lipinski definition) is 6. The van der Waals surface area contributed by atoms with Crippen LogP contribution in [0.15, 0.2) is 0 Å². The van der Waals surface area contributed by atoms with Crippen LogP contribution in [0.4, 0.5) is 11.6 Å². The second-order valence-corrected chi connectivity index (χ2v) is 6.63. The maximum Gasteiger partial charge on any atom is 0.149 e. The van der Waals surface area contributed by atoms with Crippen LogP contribution in [0.25, 0.3) is 0 Å². The molecule has 1 N–H and O–H groups in total. The third kappa shape index (κ3) is 3.83. The molecule has 6 nitrogen and oxygen atoms in total. The van der Waals surface area contributed by atoms with Crippen molar-refractivity contribution in [2.75, 3.05) is 42.9 Å². The predicted octanol–water partition coefficient (Wildman–Crippen LogP) is 0.616. The lowest BCUT2D eigenvalue weighted by Crippen LogP contribution is -2.27. The Kier molecular flexibility index (Phi) is 4.50. The number of aryl methyl sites for hydroxylation is 1. The van der Waals surface area contributed by atoms with Gasteiger partial charge in [-0.1, -0.05) is 0 Å². The van der Waals surface area contributed by atoms with E-state index in [0.717, 1.165) is 17.2 Å². The first-order chi connectivity index (χ1) is 8.24. The van der Waals surface area contributed by atoms with Gasteiger partial charge in [-0.15, -0.1) is 0 Å². The molecule has 0 aliphatic carbocycles. The van der Waals surface area contributed by atoms with Gasteiger partial charge < -0.3 is 10.2 Å². The van der Waals surface area contributed by atoms with Gasteiger partial charge in [-0.05, 0) is 13.8 Å². The van der Waals surface area contributed by atoms with Gasteiger partial charge in [0.25, 0.3) is 0 Å². The number of nitrogens with one attached hydrogen (secondary N) is 1. The largest absolute Gasteiger partial charge is 0.373 e. The molecule has 1 aromatic rings. The lowest BCUT2D eigenvalue weighted by atomic mass is 10.3. The molecule has 0 fully saturated rings. The molecule has 0 atom stereocenters. The van der Waals surface area contributed by atoms with Crippen molar-refractivity contribution in [3.8, 4) is 0 Å². The number of sulfone groups is 1. The molecule has 0 spiro atoms. The molecule has 1 rings (SSSR count). The van der Waals surface area contributed by atoms with Gasteiger partial charge in [0.15, 0.2) is 0 Å². The average molecular weight is 272 g/mol. The number of anilines is 2. The lowest BCUT2D eigenvalue weighted by Gasteiger charge is -2.21. The van der Waals surface area contributed by atoms with Crippen molar-refractivity contribution in [3.05, 3.63) is 11.4 Å². The Morgan fingerprint density at radius 3 is 2.39 bits per heavy atom. The van der Waals surface area contributed by atoms with Crippen LogP contribution in [0.2, 0.25) is 0 Å². The summed E-state index contributed by atoms with van der Waals surface area (Å²) in [4.78, 5) is 10.5. The van der Waals surface area contributed by atoms with Crippen molar-refractivity contribution in [3.63, 3.8) is 0 Å². The van der Waals surface area contributed by atoms with E-state index in [1.807, 2.05) is 25.8 Å². The van der Waals surface area contributed by atoms with E-state index in [4.69, 9.17) is 0 Å². The normalized spacial score (nSPS) is 11.4. The Morgan fingerprint density at radius 2 is 1.89 bits per heavy atom. The predicted molar refractivity (Wildman–Crippen MR) is 74.0 cm³/mol. The van der Waals surface area contributed by atoms with Crippen LogP contribution >= 0.6 is 0 Å². The number of hydrogen-bond donors (Lipinski definition) is 1. The molecule has 0 aliphatic heterocycles. The minimum atomic E-state index is -2.97. The van der Waals surface area contributed by atoms with E-state index < -0.39 is 9.84 Å². The first-order valence-corrected chi connectivity index (χ1v) is 7.72. The summed E-state index contributed by atoms with van der Waals surface area (Å²) in [5, 5.41) is 3.01. The van der Waals surface area contributed by atoms with Crippen LogP contribution in [-0.2, 0) is 9.84 Å². The molecule has 0 saturated heterocycles. The zero-order chi connectivity index (χ0) is 13.9. The molecule has 0 radical (unpaired) electrons. The van der Waals surface area contributed by atoms with Gasteiger partial charge in [-0.25, -0.2) is 18.4 Å². The maximum absolute atomic E-state index is 11.2. The molecule has 0 bridgehead atoms. The molecule has 0 unspecified atom stereocenters. The van der Waals surface area contributed by atoms with E-state index in [9.17, 15) is 8.42 Å². The quantitative estimate of drug-likeness (QED) is 0.846.